The summed E-state index contributed by atoms with van der Waals surface area (Å²) >= 11 is 2.66. The molecule has 11 heteroatoms. The summed E-state index contributed by atoms with van der Waals surface area (Å²) in [5.74, 6) is -0.488. The van der Waals surface area contributed by atoms with Crippen molar-refractivity contribution in [1.29, 1.82) is 0 Å². The van der Waals surface area contributed by atoms with E-state index in [9.17, 15) is 19.3 Å². The number of nitrogens with one attached hydrogen (secondary N) is 1. The first-order valence-corrected chi connectivity index (χ1v) is 12.4. The molecule has 0 spiro atoms. The van der Waals surface area contributed by atoms with Crippen LogP contribution in [-0.2, 0) is 6.42 Å². The Labute approximate surface area is 214 Å². The number of nitrogens with two attached hydrogens (primary N) is 1. The van der Waals surface area contributed by atoms with Crippen molar-refractivity contribution < 1.29 is 28.6 Å². The highest BCUT2D eigenvalue weighted by Gasteiger charge is 2.29. The number of non-ortho nitro benzene ring substituents is 1. The molecule has 4 aromatic rings. The zero-order chi connectivity index (χ0) is 26.0. The molecule has 2 aromatic heterocycles. The van der Waals surface area contributed by atoms with Crippen molar-refractivity contribution in [2.75, 3.05) is 20.0 Å². The van der Waals surface area contributed by atoms with E-state index < -0.39 is 16.7 Å². The first-order valence-electron chi connectivity index (χ1n) is 10.8. The Morgan fingerprint density at radius 1 is 1.11 bits per heavy atom. The molecular weight excluding hydrogens is 505 g/mol. The number of nitro groups is 1. The largest absolute Gasteiger partial charge is 0.496 e. The number of carbonyl (C=O) groups excluding carboxylic acids is 1. The van der Waals surface area contributed by atoms with Crippen LogP contribution in [0, 0.1) is 15.9 Å². The van der Waals surface area contributed by atoms with Gasteiger partial charge >= 0.3 is 5.13 Å². The molecule has 0 aliphatic heterocycles. The normalized spacial score (nSPS) is 11.8. The number of ketones is 1. The number of thiazole rings is 1. The van der Waals surface area contributed by atoms with E-state index in [1.54, 1.807) is 18.2 Å². The van der Waals surface area contributed by atoms with Crippen LogP contribution in [0.25, 0.3) is 9.75 Å². The Morgan fingerprint density at radius 2 is 1.83 bits per heavy atom. The molecule has 2 heterocycles. The molecule has 0 bridgehead atoms. The molecule has 2 aromatic carbocycles. The van der Waals surface area contributed by atoms with Gasteiger partial charge in [0.15, 0.2) is 17.3 Å². The van der Waals surface area contributed by atoms with Gasteiger partial charge < -0.3 is 9.47 Å². The number of H-pyrrole nitrogens is 1. The second-order valence-electron chi connectivity index (χ2n) is 7.96. The molecule has 0 fully saturated rings. The monoisotopic (exact) mass is 528 g/mol. The molecule has 0 radical (unpaired) electrons. The number of halogens is 1. The average molecular weight is 529 g/mol. The van der Waals surface area contributed by atoms with Gasteiger partial charge in [0, 0.05) is 22.6 Å². The van der Waals surface area contributed by atoms with Gasteiger partial charge in [-0.3, -0.25) is 20.6 Å². The SMILES string of the molecule is COc1ccc(C(Cc2cc([N+](=O)[O-])ccc2OC)c2[nH+]c(N)sc2-c2ccc(C(C)=O)s2)cc1F. The van der Waals surface area contributed by atoms with Crippen molar-refractivity contribution in [3.05, 3.63) is 86.2 Å². The lowest BCUT2D eigenvalue weighted by Crippen LogP contribution is -2.18. The van der Waals surface area contributed by atoms with E-state index in [0.29, 0.717) is 32.6 Å². The minimum absolute atomic E-state index is 0.0450. The third kappa shape index (κ3) is 5.07. The summed E-state index contributed by atoms with van der Waals surface area (Å²) < 4.78 is 25.4. The van der Waals surface area contributed by atoms with Crippen molar-refractivity contribution in [2.24, 2.45) is 0 Å². The van der Waals surface area contributed by atoms with Crippen LogP contribution in [0.4, 0.5) is 15.2 Å². The van der Waals surface area contributed by atoms with Gasteiger partial charge in [0.25, 0.3) is 5.69 Å². The fraction of sp³-hybridized carbons (Fsp3) is 0.200. The van der Waals surface area contributed by atoms with Crippen LogP contribution in [0.15, 0.2) is 48.5 Å². The molecule has 1 unspecified atom stereocenters. The Morgan fingerprint density at radius 3 is 2.44 bits per heavy atom. The number of methoxy groups -OCH3 is 2. The van der Waals surface area contributed by atoms with Gasteiger partial charge in [0.05, 0.1) is 34.8 Å². The molecule has 0 saturated heterocycles. The molecule has 4 rings (SSSR count). The first kappa shape index (κ1) is 25.3. The topological polar surface area (TPSA) is 119 Å². The summed E-state index contributed by atoms with van der Waals surface area (Å²) in [7, 11) is 2.88. The molecule has 3 N–H and O–H groups in total. The van der Waals surface area contributed by atoms with Crippen LogP contribution in [0.3, 0.4) is 0 Å². The Bertz CT molecular complexity index is 1450. The standard InChI is InChI=1S/C25H22FN3O5S2/c1-13(30)21-8-9-22(35-21)24-23(28-25(27)36-24)17(14-4-6-20(34-3)18(26)12-14)11-15-10-16(29(31)32)5-7-19(15)33-2/h4-10,12,17H,11H2,1-3H3,(H2,27,28)/p+1. The summed E-state index contributed by atoms with van der Waals surface area (Å²) in [6, 6.07) is 12.7. The lowest BCUT2D eigenvalue weighted by Gasteiger charge is -2.18. The minimum atomic E-state index is -0.536. The van der Waals surface area contributed by atoms with E-state index in [1.165, 1.54) is 68.1 Å². The van der Waals surface area contributed by atoms with Gasteiger partial charge in [-0.05, 0) is 60.6 Å². The van der Waals surface area contributed by atoms with E-state index >= 15 is 0 Å². The number of carbonyl (C=O) groups is 1. The second kappa shape index (κ2) is 10.4. The third-order valence-electron chi connectivity index (χ3n) is 5.72. The number of rotatable bonds is 9. The number of nitrogens with zero attached hydrogens (tertiary/aromatic N) is 1. The Hall–Kier alpha value is -3.83. The first-order chi connectivity index (χ1) is 17.2. The lowest BCUT2D eigenvalue weighted by atomic mass is 9.87. The van der Waals surface area contributed by atoms with Crippen molar-refractivity contribution in [3.8, 4) is 21.3 Å². The van der Waals surface area contributed by atoms with Gasteiger partial charge in [0.2, 0.25) is 0 Å². The second-order valence-corrected chi connectivity index (χ2v) is 10.1. The minimum Gasteiger partial charge on any atom is -0.496 e. The number of hydrogen-bond acceptors (Lipinski definition) is 8. The van der Waals surface area contributed by atoms with E-state index in [2.05, 4.69) is 4.98 Å². The van der Waals surface area contributed by atoms with Crippen LogP contribution in [-0.4, -0.2) is 24.9 Å². The van der Waals surface area contributed by atoms with Gasteiger partial charge in [-0.25, -0.2) is 9.37 Å². The number of benzene rings is 2. The predicted octanol–water partition coefficient (Wildman–Crippen LogP) is 5.51. The summed E-state index contributed by atoms with van der Waals surface area (Å²) in [6.45, 7) is 1.50. The molecule has 0 amide bonds. The van der Waals surface area contributed by atoms with Gasteiger partial charge in [-0.2, -0.15) is 0 Å². The number of nitrogen functional groups attached to an aromatic ring is 1. The number of Topliss-reactive ketones (excluding diaryl/α,β-unsaturated/α-hetero) is 1. The molecule has 0 aliphatic carbocycles. The molecule has 1 atom stereocenters. The molecule has 186 valence electrons. The summed E-state index contributed by atoms with van der Waals surface area (Å²) in [5, 5.41) is 11.9. The van der Waals surface area contributed by atoms with Crippen molar-refractivity contribution in [1.82, 2.24) is 0 Å². The zero-order valence-corrected chi connectivity index (χ0v) is 21.3. The van der Waals surface area contributed by atoms with Crippen LogP contribution < -0.4 is 20.2 Å². The number of aromatic amines is 1. The van der Waals surface area contributed by atoms with Crippen molar-refractivity contribution in [3.63, 3.8) is 0 Å². The van der Waals surface area contributed by atoms with Crippen LogP contribution in [0.5, 0.6) is 11.5 Å². The number of aromatic nitrogens is 1. The maximum Gasteiger partial charge on any atom is 0.330 e. The van der Waals surface area contributed by atoms with Crippen LogP contribution in [0.1, 0.15) is 39.3 Å². The van der Waals surface area contributed by atoms with Gasteiger partial charge in [-0.15, -0.1) is 11.3 Å². The fourth-order valence-corrected chi connectivity index (χ4v) is 5.96. The average Bonchev–Trinajstić information content (AvgIpc) is 3.49. The van der Waals surface area contributed by atoms with Gasteiger partial charge in [-0.1, -0.05) is 6.07 Å². The number of thiophene rings is 1. The van der Waals surface area contributed by atoms with E-state index in [4.69, 9.17) is 15.2 Å². The summed E-state index contributed by atoms with van der Waals surface area (Å²) in [5.41, 5.74) is 7.99. The quantitative estimate of drug-likeness (QED) is 0.174. The molecule has 0 aliphatic rings. The molecule has 8 nitrogen and oxygen atoms in total. The fourth-order valence-electron chi connectivity index (χ4n) is 4.00. The smallest absolute Gasteiger partial charge is 0.330 e. The number of hydrogen-bond donors (Lipinski definition) is 1. The maximum absolute atomic E-state index is 14.8. The number of ether oxygens (including phenoxy) is 2. The van der Waals surface area contributed by atoms with Gasteiger partial charge in [0.1, 0.15) is 11.4 Å². The number of anilines is 1. The van der Waals surface area contributed by atoms with Crippen LogP contribution in [0.2, 0.25) is 0 Å². The number of nitro benzene ring substituents is 1. The maximum atomic E-state index is 14.8. The highest BCUT2D eigenvalue weighted by atomic mass is 32.1. The molecule has 0 saturated carbocycles. The highest BCUT2D eigenvalue weighted by molar-refractivity contribution is 7.24. The summed E-state index contributed by atoms with van der Waals surface area (Å²) in [6.07, 6.45) is 0.251. The van der Waals surface area contributed by atoms with Crippen LogP contribution >= 0.6 is 22.7 Å². The van der Waals surface area contributed by atoms with Crippen molar-refractivity contribution in [2.45, 2.75) is 19.3 Å². The summed E-state index contributed by atoms with van der Waals surface area (Å²) in [4.78, 5) is 28.3. The third-order valence-corrected chi connectivity index (χ3v) is 8.02. The van der Waals surface area contributed by atoms with E-state index in [1.807, 2.05) is 6.07 Å². The lowest BCUT2D eigenvalue weighted by molar-refractivity contribution is -0.385. The Kier molecular flexibility index (Phi) is 7.32. The van der Waals surface area contributed by atoms with E-state index in [-0.39, 0.29) is 23.6 Å². The van der Waals surface area contributed by atoms with E-state index in [0.717, 1.165) is 9.75 Å². The molecular formula is C25H23FN3O5S2+. The Balaban J connectivity index is 1.89. The highest BCUT2D eigenvalue weighted by Crippen LogP contribution is 2.42. The molecule has 36 heavy (non-hydrogen) atoms. The zero-order valence-electron chi connectivity index (χ0n) is 19.7. The van der Waals surface area contributed by atoms with Crippen molar-refractivity contribution >= 4 is 39.3 Å². The predicted molar refractivity (Wildman–Crippen MR) is 137 cm³/mol.